The average Bonchev–Trinajstić information content (AvgIpc) is 3.46. The van der Waals surface area contributed by atoms with Crippen LogP contribution in [0.2, 0.25) is 0 Å². The van der Waals surface area contributed by atoms with Crippen LogP contribution in [-0.4, -0.2) is 27.8 Å². The zero-order chi connectivity index (χ0) is 27.3. The number of carbonyl (C=O) groups is 2. The molecule has 1 saturated carbocycles. The Morgan fingerprint density at radius 2 is 1.76 bits per heavy atom. The van der Waals surface area contributed by atoms with Crippen molar-refractivity contribution < 1.29 is 38.0 Å². The normalized spacial score (nSPS) is 14.2. The van der Waals surface area contributed by atoms with Crippen molar-refractivity contribution in [2.45, 2.75) is 57.2 Å². The number of alkyl halides is 3. The van der Waals surface area contributed by atoms with Crippen molar-refractivity contribution in [3.05, 3.63) is 76.9 Å². The Balaban J connectivity index is 0.000000426. The number of pyridine rings is 1. The number of hydrogen-bond acceptors (Lipinski definition) is 4. The maximum Gasteiger partial charge on any atom is 0.430 e. The van der Waals surface area contributed by atoms with E-state index in [1.807, 2.05) is 24.5 Å². The number of carboxylic acids is 2. The third-order valence-corrected chi connectivity index (χ3v) is 7.82. The lowest BCUT2D eigenvalue weighted by Crippen LogP contribution is -2.37. The first kappa shape index (κ1) is 27.4. The summed E-state index contributed by atoms with van der Waals surface area (Å²) in [5.74, 6) is -3.34. The summed E-state index contributed by atoms with van der Waals surface area (Å²) in [6.07, 6.45) is 5.85. The van der Waals surface area contributed by atoms with E-state index in [1.54, 1.807) is 0 Å². The predicted octanol–water partition coefficient (Wildman–Crippen LogP) is 5.47. The Bertz CT molecular complexity index is 1390. The van der Waals surface area contributed by atoms with Crippen LogP contribution in [-0.2, 0) is 17.8 Å². The summed E-state index contributed by atoms with van der Waals surface area (Å²) in [6.45, 7) is 0.821. The molecule has 4 aromatic rings. The number of aromatic amines is 1. The number of rotatable bonds is 6. The molecule has 1 aliphatic carbocycles. The highest BCUT2D eigenvalue weighted by Crippen LogP contribution is 2.46. The molecule has 0 saturated heterocycles. The Kier molecular flexibility index (Phi) is 8.51. The third kappa shape index (κ3) is 6.24. The molecule has 38 heavy (non-hydrogen) atoms. The molecule has 5 rings (SSSR count). The zero-order valence-corrected chi connectivity index (χ0v) is 21.3. The van der Waals surface area contributed by atoms with E-state index in [1.165, 1.54) is 70.5 Å². The van der Waals surface area contributed by atoms with Crippen molar-refractivity contribution >= 4 is 33.5 Å². The smallest absolute Gasteiger partial charge is 0.430 e. The quantitative estimate of drug-likeness (QED) is 0.348. The van der Waals surface area contributed by atoms with Crippen LogP contribution in [0.15, 0.2) is 60.9 Å². The van der Waals surface area contributed by atoms with E-state index in [4.69, 9.17) is 9.90 Å². The van der Waals surface area contributed by atoms with Gasteiger partial charge in [-0.15, -0.1) is 11.3 Å². The topological polar surface area (TPSA) is 96.5 Å². The summed E-state index contributed by atoms with van der Waals surface area (Å²) in [6, 6.07) is 16.7. The zero-order valence-electron chi connectivity index (χ0n) is 20.5. The lowest BCUT2D eigenvalue weighted by atomic mass is 9.83. The fourth-order valence-electron chi connectivity index (χ4n) is 4.99. The Labute approximate surface area is 221 Å². The van der Waals surface area contributed by atoms with E-state index in [-0.39, 0.29) is 0 Å². The number of halogens is 3. The van der Waals surface area contributed by atoms with Gasteiger partial charge < -0.3 is 19.6 Å². The minimum atomic E-state index is -5.19. The molecule has 1 fully saturated rings. The molecule has 1 aliphatic rings. The number of aromatic nitrogens is 2. The minimum Gasteiger partial charge on any atom is -0.542 e. The van der Waals surface area contributed by atoms with E-state index in [9.17, 15) is 23.1 Å². The van der Waals surface area contributed by atoms with E-state index in [0.29, 0.717) is 10.8 Å². The van der Waals surface area contributed by atoms with Crippen LogP contribution in [0.4, 0.5) is 13.2 Å². The molecule has 0 amide bonds. The number of H-pyrrole nitrogens is 1. The fourth-order valence-corrected chi connectivity index (χ4v) is 6.11. The number of thiophene rings is 1. The highest BCUT2D eigenvalue weighted by molar-refractivity contribution is 7.21. The van der Waals surface area contributed by atoms with Gasteiger partial charge in [0.2, 0.25) is 0 Å². The number of aryl methyl sites for hydroxylation is 2. The summed E-state index contributed by atoms with van der Waals surface area (Å²) in [4.78, 5) is 24.2. The van der Waals surface area contributed by atoms with Gasteiger partial charge in [-0.3, -0.25) is 0 Å². The summed E-state index contributed by atoms with van der Waals surface area (Å²) < 4.78 is 35.1. The summed E-state index contributed by atoms with van der Waals surface area (Å²) >= 11 is 1.45. The van der Waals surface area contributed by atoms with Gasteiger partial charge >= 0.3 is 12.1 Å². The lowest BCUT2D eigenvalue weighted by Gasteiger charge is -2.23. The van der Waals surface area contributed by atoms with Crippen LogP contribution in [0.25, 0.3) is 21.5 Å². The maximum atomic E-state index is 11.8. The SMILES string of the molecule is O=C(O)c1cc2c(s1)c(C1CCCCC1)c(-c1ccccc1)n2CCc1ccc[nH+]c1.O=C([O-])C(F)(F)F. The van der Waals surface area contributed by atoms with Crippen LogP contribution < -0.4 is 10.1 Å². The monoisotopic (exact) mass is 544 g/mol. The Morgan fingerprint density at radius 3 is 2.34 bits per heavy atom. The molecule has 6 nitrogen and oxygen atoms in total. The lowest BCUT2D eigenvalue weighted by molar-refractivity contribution is -0.378. The Hall–Kier alpha value is -3.66. The molecule has 0 atom stereocenters. The number of nitrogens with zero attached hydrogens (tertiary/aromatic N) is 1. The van der Waals surface area contributed by atoms with Gasteiger partial charge in [-0.1, -0.05) is 49.6 Å². The molecule has 3 aromatic heterocycles. The summed E-state index contributed by atoms with van der Waals surface area (Å²) in [7, 11) is 0. The highest BCUT2D eigenvalue weighted by Gasteiger charge is 2.29. The van der Waals surface area contributed by atoms with Crippen molar-refractivity contribution in [2.24, 2.45) is 0 Å². The molecule has 0 radical (unpaired) electrons. The second kappa shape index (κ2) is 11.8. The van der Waals surface area contributed by atoms with Crippen molar-refractivity contribution in [3.63, 3.8) is 0 Å². The number of benzene rings is 1. The molecule has 10 heteroatoms. The number of fused-ring (bicyclic) bond motifs is 1. The maximum absolute atomic E-state index is 11.8. The molecule has 0 unspecified atom stereocenters. The van der Waals surface area contributed by atoms with Crippen molar-refractivity contribution in [2.75, 3.05) is 0 Å². The third-order valence-electron chi connectivity index (χ3n) is 6.67. The minimum absolute atomic E-state index is 0.434. The van der Waals surface area contributed by atoms with E-state index < -0.39 is 18.1 Å². The van der Waals surface area contributed by atoms with Crippen LogP contribution >= 0.6 is 11.3 Å². The largest absolute Gasteiger partial charge is 0.542 e. The molecule has 0 aliphatic heterocycles. The van der Waals surface area contributed by atoms with Gasteiger partial charge in [0, 0.05) is 18.2 Å². The molecule has 0 bridgehead atoms. The summed E-state index contributed by atoms with van der Waals surface area (Å²) in [5, 5.41) is 18.5. The van der Waals surface area contributed by atoms with E-state index in [2.05, 4.69) is 45.9 Å². The van der Waals surface area contributed by atoms with Gasteiger partial charge in [-0.25, -0.2) is 9.78 Å². The average molecular weight is 545 g/mol. The molecule has 1 aromatic carbocycles. The first-order valence-corrected chi connectivity index (χ1v) is 13.2. The Morgan fingerprint density at radius 1 is 1.08 bits per heavy atom. The molecular formula is C28H27F3N2O4S. The van der Waals surface area contributed by atoms with Crippen LogP contribution in [0.3, 0.4) is 0 Å². The molecule has 3 heterocycles. The number of aromatic carboxylic acids is 1. The van der Waals surface area contributed by atoms with Gasteiger partial charge in [-0.05, 0) is 48.4 Å². The van der Waals surface area contributed by atoms with Crippen molar-refractivity contribution in [1.82, 2.24) is 4.57 Å². The van der Waals surface area contributed by atoms with Gasteiger partial charge in [0.25, 0.3) is 0 Å². The van der Waals surface area contributed by atoms with Gasteiger partial charge in [0.05, 0.1) is 15.9 Å². The van der Waals surface area contributed by atoms with E-state index in [0.717, 1.165) is 18.5 Å². The van der Waals surface area contributed by atoms with Crippen LogP contribution in [0.1, 0.15) is 58.8 Å². The van der Waals surface area contributed by atoms with Crippen LogP contribution in [0.5, 0.6) is 0 Å². The molecule has 2 N–H and O–H groups in total. The molecule has 200 valence electrons. The van der Waals surface area contributed by atoms with Gasteiger partial charge in [-0.2, -0.15) is 13.2 Å². The van der Waals surface area contributed by atoms with E-state index >= 15 is 0 Å². The van der Waals surface area contributed by atoms with Crippen molar-refractivity contribution in [1.29, 1.82) is 0 Å². The second-order valence-electron chi connectivity index (χ2n) is 9.19. The molecular weight excluding hydrogens is 517 g/mol. The standard InChI is InChI=1S/C26H26N2O2S.C2HF3O2/c29-26(30)22-16-21-25(31-22)23(19-9-3-1-4-10-19)24(20-11-5-2-6-12-20)28(21)15-13-18-8-7-14-27-17-18;3-2(4,5)1(6)7/h2,5-8,11-12,14,16-17,19H,1,3-4,9-10,13,15H2,(H,29,30);(H,6,7). The predicted molar refractivity (Wildman–Crippen MR) is 136 cm³/mol. The van der Waals surface area contributed by atoms with Crippen molar-refractivity contribution in [3.8, 4) is 11.3 Å². The highest BCUT2D eigenvalue weighted by atomic mass is 32.1. The summed E-state index contributed by atoms with van der Waals surface area (Å²) in [5.41, 5.74) is 6.20. The van der Waals surface area contributed by atoms with Gasteiger partial charge in [0.15, 0.2) is 12.4 Å². The molecule has 0 spiro atoms. The number of carbonyl (C=O) groups excluding carboxylic acids is 1. The first-order valence-electron chi connectivity index (χ1n) is 12.3. The van der Waals surface area contributed by atoms with Crippen LogP contribution in [0, 0.1) is 0 Å². The number of nitrogens with one attached hydrogen (secondary N) is 1. The number of hydrogen-bond donors (Lipinski definition) is 1. The second-order valence-corrected chi connectivity index (χ2v) is 10.2. The number of carboxylic acid groups (broad SMARTS) is 2. The first-order chi connectivity index (χ1) is 18.2. The number of aliphatic carboxylic acids is 1. The fraction of sp³-hybridized carbons (Fsp3) is 0.321. The van der Waals surface area contributed by atoms with Gasteiger partial charge in [0.1, 0.15) is 10.8 Å².